The number of carbonyl (C=O) groups excluding carboxylic acids is 3. The number of benzene rings is 1. The van der Waals surface area contributed by atoms with Crippen LogP contribution in [0.25, 0.3) is 0 Å². The summed E-state index contributed by atoms with van der Waals surface area (Å²) in [4.78, 5) is 67.4. The Morgan fingerprint density at radius 1 is 0.524 bits per heavy atom. The van der Waals surface area contributed by atoms with E-state index >= 15 is 0 Å². The van der Waals surface area contributed by atoms with Crippen LogP contribution in [-0.2, 0) is 104 Å². The maximum Gasteiger partial charge on any atom is 0.299 e. The molecule has 103 heavy (non-hydrogen) atoms. The zero-order valence-corrected chi connectivity index (χ0v) is 61.3. The Kier molecular flexibility index (Phi) is 39.2. The van der Waals surface area contributed by atoms with Gasteiger partial charge in [-0.2, -0.15) is 18.7 Å². The average Bonchev–Trinajstić information content (AvgIpc) is 1.63. The van der Waals surface area contributed by atoms with Crippen LogP contribution in [0.3, 0.4) is 0 Å². The summed E-state index contributed by atoms with van der Waals surface area (Å²) >= 11 is 14.1. The van der Waals surface area contributed by atoms with Crippen molar-refractivity contribution in [2.45, 2.75) is 107 Å². The van der Waals surface area contributed by atoms with Crippen LogP contribution in [0.15, 0.2) is 18.2 Å². The molecular weight excluding hydrogens is 1450 g/mol. The van der Waals surface area contributed by atoms with E-state index in [1.807, 2.05) is 27.7 Å². The molecule has 3 aromatic rings. The fourth-order valence-corrected chi connectivity index (χ4v) is 12.0. The highest BCUT2D eigenvalue weighted by Crippen LogP contribution is 2.39. The lowest BCUT2D eigenvalue weighted by Crippen LogP contribution is -2.55. The summed E-state index contributed by atoms with van der Waals surface area (Å²) in [6.45, 7) is 14.6. The second kappa shape index (κ2) is 47.4. The molecule has 582 valence electrons. The highest BCUT2D eigenvalue weighted by molar-refractivity contribution is 7.10. The number of carbonyl (C=O) groups is 3. The van der Waals surface area contributed by atoms with Crippen LogP contribution in [0.2, 0.25) is 10.6 Å². The first-order chi connectivity index (χ1) is 49.8. The lowest BCUT2D eigenvalue weighted by molar-refractivity contribution is -0.393. The molecule has 1 aromatic carbocycles. The van der Waals surface area contributed by atoms with Crippen molar-refractivity contribution in [1.29, 1.82) is 0 Å². The number of halogens is 2. The second-order valence-corrected chi connectivity index (χ2v) is 26.1. The monoisotopic (exact) mass is 1550 g/mol. The molecule has 4 aliphatic rings. The molecule has 0 radical (unpaired) electrons. The fraction of sp³-hybridized carbons (Fsp3) is 0.787. The van der Waals surface area contributed by atoms with Gasteiger partial charge in [-0.3, -0.25) is 34.6 Å². The number of nitrogens with one attached hydrogen (secondary N) is 6. The average molecular weight is 1550 g/mol. The van der Waals surface area contributed by atoms with Gasteiger partial charge >= 0.3 is 0 Å². The summed E-state index contributed by atoms with van der Waals surface area (Å²) in [6, 6.07) is 2.23. The minimum absolute atomic E-state index is 0.0145. The number of aromatic nitrogens is 4. The molecule has 4 saturated heterocycles. The normalized spacial score (nSPS) is 21.1. The van der Waals surface area contributed by atoms with E-state index in [9.17, 15) is 34.6 Å². The summed E-state index contributed by atoms with van der Waals surface area (Å²) in [5.74, 6) is -2.59. The number of ether oxygens (including phenoxy) is 19. The van der Waals surface area contributed by atoms with Crippen LogP contribution in [0, 0.1) is 20.2 Å². The predicted octanol–water partition coefficient (Wildman–Crippen LogP) is 2.44. The molecule has 0 spiro atoms. The van der Waals surface area contributed by atoms with E-state index in [0.717, 1.165) is 29.1 Å². The molecule has 0 saturated carbocycles. The molecule has 3 amide bonds. The predicted molar refractivity (Wildman–Crippen MR) is 368 cm³/mol. The van der Waals surface area contributed by atoms with Gasteiger partial charge in [0, 0.05) is 61.6 Å². The number of fused-ring (bicyclic) bond motifs is 2. The van der Waals surface area contributed by atoms with Gasteiger partial charge in [0.15, 0.2) is 11.6 Å². The van der Waals surface area contributed by atoms with Crippen LogP contribution in [0.1, 0.15) is 40.5 Å². The summed E-state index contributed by atoms with van der Waals surface area (Å²) in [5, 5.41) is 41.6. The van der Waals surface area contributed by atoms with Crippen molar-refractivity contribution in [2.75, 3.05) is 221 Å². The lowest BCUT2D eigenvalue weighted by Gasteiger charge is -2.37. The van der Waals surface area contributed by atoms with E-state index in [0.29, 0.717) is 116 Å². The first kappa shape index (κ1) is 85.0. The Bertz CT molecular complexity index is 2830. The van der Waals surface area contributed by atoms with E-state index in [2.05, 4.69) is 50.6 Å². The number of hydrogen-bond donors (Lipinski definition) is 6. The number of amides is 3. The van der Waals surface area contributed by atoms with Gasteiger partial charge in [-0.15, -0.1) is 0 Å². The molecule has 0 aliphatic carbocycles. The largest absolute Gasteiger partial charge is 0.379 e. The summed E-state index contributed by atoms with van der Waals surface area (Å²) in [7, 11) is 0. The van der Waals surface area contributed by atoms with Crippen molar-refractivity contribution in [1.82, 2.24) is 34.7 Å². The molecule has 42 heteroatoms. The molecule has 6 N–H and O–H groups in total. The van der Waals surface area contributed by atoms with Gasteiger partial charge in [0.05, 0.1) is 212 Å². The van der Waals surface area contributed by atoms with Crippen LogP contribution in [0.5, 0.6) is 0 Å². The van der Waals surface area contributed by atoms with Crippen LogP contribution >= 0.6 is 46.3 Å². The zero-order valence-electron chi connectivity index (χ0n) is 58.1. The van der Waals surface area contributed by atoms with Gasteiger partial charge in [0.1, 0.15) is 48.9 Å². The van der Waals surface area contributed by atoms with Crippen molar-refractivity contribution >= 4 is 91.3 Å². The topological polar surface area (TPSA) is 437 Å². The third-order valence-electron chi connectivity index (χ3n) is 15.1. The fourth-order valence-electron chi connectivity index (χ4n) is 10.4. The molecule has 6 heterocycles. The van der Waals surface area contributed by atoms with Gasteiger partial charge in [-0.25, -0.2) is 0 Å². The number of nitrogens with zero attached hydrogens (tertiary/aromatic N) is 6. The van der Waals surface area contributed by atoms with Gasteiger partial charge in [-0.1, -0.05) is 0 Å². The number of nitro benzene ring substituents is 2. The molecule has 0 unspecified atom stereocenters. The third-order valence-corrected chi connectivity index (χ3v) is 16.9. The van der Waals surface area contributed by atoms with E-state index in [1.165, 1.54) is 12.1 Å². The van der Waals surface area contributed by atoms with E-state index in [4.69, 9.17) is 113 Å². The minimum atomic E-state index is -0.792. The third kappa shape index (κ3) is 33.2. The maximum atomic E-state index is 12.9. The van der Waals surface area contributed by atoms with Gasteiger partial charge in [-0.05, 0) is 57.0 Å². The van der Waals surface area contributed by atoms with Gasteiger partial charge < -0.3 is 122 Å². The molecule has 0 bridgehead atoms. The maximum absolute atomic E-state index is 12.9. The molecule has 2 aromatic heterocycles. The summed E-state index contributed by atoms with van der Waals surface area (Å²) in [5.41, 5.74) is -0.708. The molecule has 38 nitrogen and oxygen atoms in total. The summed E-state index contributed by atoms with van der Waals surface area (Å²) < 4.78 is 118. The number of rotatable bonds is 57. The van der Waals surface area contributed by atoms with E-state index in [1.54, 1.807) is 0 Å². The second-order valence-electron chi connectivity index (χ2n) is 24.0. The Morgan fingerprint density at radius 3 is 1.33 bits per heavy atom. The number of anilines is 3. The Hall–Kier alpha value is -5.23. The standard InChI is InChI=1S/C61H96Cl2N12O26S2/c1-60(2)98-52-44(68-58-70-56(62)72-102-58)36-96-47(54(52)100-60)38-93-30-27-89-25-23-86-20-18-84-15-10-65-49(76)7-12-91-34-41(67-51(78)40-95-32-29-88-22-17-83-14-9-64-43-6-5-42(74(79)80)33-46(43)75(81)82)35-92-13-8-50(77)66-11-16-85-19-21-87-24-26-90-28-31-94-39-48-55-53(99-61(3,4)101-55)45(37-97-48)69-59-71-57(63)73-103-59/h5-6,33,41,44-45,47-48,52-55,64H,7-32,34-40H2,1-4H3,(H,65,76)(H,66,77)(H,67,78)(H,68,70,72)(H,69,71,73)/t44-,45-,47-,48-,52-,53-,54+,55+/m1/s1. The van der Waals surface area contributed by atoms with Gasteiger partial charge in [0.2, 0.25) is 38.6 Å². The number of non-ortho nitro benzene ring substituents is 1. The number of nitro groups is 2. The SMILES string of the molecule is CC1(C)O[C@@H]2[C@H](O1)[C@H](Nc1nc(Cl)ns1)CO[C@@H]2COCCOCCOCCOCCNC(=O)CCOCC(COCCC(=O)NCCOCCOCCOCCOC[C@H]1OC[C@@H](Nc2nc(Cl)ns2)[C@H]2OC(C)(C)O[C@H]21)NC(=O)COCCOCCOCCNc1ccc([N+](=O)[O-])cc1[N+](=O)[O-]. The van der Waals surface area contributed by atoms with E-state index < -0.39 is 44.7 Å². The summed E-state index contributed by atoms with van der Waals surface area (Å²) in [6.07, 6.45) is -1.90. The first-order valence-corrected chi connectivity index (χ1v) is 36.1. The Labute approximate surface area is 613 Å². The molecule has 7 rings (SSSR count). The highest BCUT2D eigenvalue weighted by atomic mass is 35.5. The molecule has 4 fully saturated rings. The molecular formula is C61H96Cl2N12O26S2. The van der Waals surface area contributed by atoms with E-state index in [-0.39, 0.29) is 189 Å². The lowest BCUT2D eigenvalue weighted by atomic mass is 9.98. The number of hydrogen-bond acceptors (Lipinski definition) is 35. The van der Waals surface area contributed by atoms with Crippen LogP contribution < -0.4 is 31.9 Å². The van der Waals surface area contributed by atoms with Crippen LogP contribution in [0.4, 0.5) is 27.3 Å². The highest BCUT2D eigenvalue weighted by Gasteiger charge is 2.53. The smallest absolute Gasteiger partial charge is 0.299 e. The van der Waals surface area contributed by atoms with Gasteiger partial charge in [0.25, 0.3) is 11.4 Å². The Balaban J connectivity index is 0.673. The molecule has 4 aliphatic heterocycles. The van der Waals surface area contributed by atoms with Crippen molar-refractivity contribution in [3.05, 3.63) is 49.0 Å². The van der Waals surface area contributed by atoms with Crippen molar-refractivity contribution in [3.63, 3.8) is 0 Å². The van der Waals surface area contributed by atoms with Crippen molar-refractivity contribution in [3.8, 4) is 0 Å². The van der Waals surface area contributed by atoms with Crippen LogP contribution in [-0.4, -0.2) is 317 Å². The van der Waals surface area contributed by atoms with Crippen molar-refractivity contribution in [2.24, 2.45) is 0 Å². The minimum Gasteiger partial charge on any atom is -0.379 e. The zero-order chi connectivity index (χ0) is 73.5. The molecule has 8 atom stereocenters. The first-order valence-electron chi connectivity index (χ1n) is 33.8. The van der Waals surface area contributed by atoms with Crippen molar-refractivity contribution < 1.29 is 114 Å². The Morgan fingerprint density at radius 2 is 0.922 bits per heavy atom. The quantitative estimate of drug-likeness (QED) is 0.0268.